The number of carboxylic acids is 1. The van der Waals surface area contributed by atoms with E-state index < -0.39 is 42.1 Å². The fourth-order valence-electron chi connectivity index (χ4n) is 19.5. The second-order valence-corrected chi connectivity index (χ2v) is 33.2. The van der Waals surface area contributed by atoms with Crippen molar-refractivity contribution in [3.63, 3.8) is 0 Å². The summed E-state index contributed by atoms with van der Waals surface area (Å²) < 4.78 is 14.0. The molecule has 24 heteroatoms. The summed E-state index contributed by atoms with van der Waals surface area (Å²) in [4.78, 5) is 110. The molecule has 0 unspecified atom stereocenters. The minimum atomic E-state index is -0.949. The van der Waals surface area contributed by atoms with Crippen molar-refractivity contribution in [1.82, 2.24) is 70.9 Å². The number of aliphatic carboxylic acids is 1. The van der Waals surface area contributed by atoms with Gasteiger partial charge in [-0.25, -0.2) is 29.5 Å². The second kappa shape index (κ2) is 34.2. The van der Waals surface area contributed by atoms with Gasteiger partial charge in [-0.2, -0.15) is 0 Å². The molecule has 4 saturated heterocycles. The van der Waals surface area contributed by atoms with Gasteiger partial charge in [-0.3, -0.25) is 19.2 Å². The van der Waals surface area contributed by atoms with Crippen molar-refractivity contribution in [2.45, 2.75) is 223 Å². The topological polar surface area (TPSA) is 320 Å². The van der Waals surface area contributed by atoms with E-state index in [9.17, 15) is 28.8 Å². The summed E-state index contributed by atoms with van der Waals surface area (Å²) >= 11 is 0. The maximum Gasteiger partial charge on any atom is 0.407 e. The number of hydrogen-bond donors (Lipinski definition) is 9. The number of esters is 1. The maximum absolute atomic E-state index is 13.8. The molecule has 2 saturated carbocycles. The number of rotatable bonds is 20. The zero-order chi connectivity index (χ0) is 78.5. The van der Waals surface area contributed by atoms with Gasteiger partial charge in [0.05, 0.1) is 105 Å². The number of nitrogens with one attached hydrogen (secondary N) is 8. The molecule has 9 N–H and O–H groups in total. The maximum atomic E-state index is 13.8. The molecule has 2 spiro atoms. The molecule has 16 rings (SSSR count). The standard InChI is InChI=1S/C47H60N8O6.C33H38N6.C8H14O4/c1-27(2)39(52-45(58)60-5)43(56)54-23-9-11-36(54)41-48-25-34(50-41)30-15-13-29(14-16-30)31-17-18-32(33-19-22-47(38(31)33)20-7-8-21-47)35-26-49-42(51-35)37-12-10-24-55(37)44(57)40(28(3)4)53-46(59)61-6;1-2-15-33(14-1)16-13-25-24(29-20-37-32(39-29)27-6-4-18-35-27)12-11-23(30(25)33)21-7-9-22(10-8-21)28-19-36-31(38-28)26-5-3-17-34-26;1-5(2)6(8(10)11)4-7(9)12-3/h13-18,25-28,36-37,39-40H,7-12,19-24H2,1-6H3,(H,48,50)(H,49,51)(H,52,58)(H,53,59);7-12,19-20,26-27,34-35H,1-6,13-18H2,(H,36,38)(H,37,39);5-6H,4H2,1-3H3,(H,10,11)/t36-,37-,39-,40-;26-,27-;6-/m000/s1. The van der Waals surface area contributed by atoms with Crippen LogP contribution in [0.1, 0.15) is 233 Å². The molecule has 4 aromatic heterocycles. The number of amides is 4. The molecule has 4 aliphatic heterocycles. The van der Waals surface area contributed by atoms with E-state index in [1.54, 1.807) is 25.0 Å². The summed E-state index contributed by atoms with van der Waals surface area (Å²) in [6.45, 7) is 14.6. The van der Waals surface area contributed by atoms with Gasteiger partial charge in [-0.1, -0.05) is 140 Å². The largest absolute Gasteiger partial charge is 0.481 e. The number of H-pyrrole nitrogens is 4. The Kier molecular flexibility index (Phi) is 24.0. The molecule has 8 heterocycles. The van der Waals surface area contributed by atoms with E-state index in [1.807, 2.05) is 56.1 Å². The van der Waals surface area contributed by atoms with Gasteiger partial charge >= 0.3 is 24.1 Å². The van der Waals surface area contributed by atoms with Crippen molar-refractivity contribution in [1.29, 1.82) is 0 Å². The lowest BCUT2D eigenvalue weighted by Crippen LogP contribution is -2.51. The zero-order valence-corrected chi connectivity index (χ0v) is 66.5. The number of nitrogens with zero attached hydrogens (tertiary/aromatic N) is 6. The Hall–Kier alpha value is -9.94. The minimum Gasteiger partial charge on any atom is -0.481 e. The number of benzene rings is 4. The number of carboxylic acid groups (broad SMARTS) is 1. The Balaban J connectivity index is 0.000000173. The summed E-state index contributed by atoms with van der Waals surface area (Å²) in [5, 5.41) is 21.3. The lowest BCUT2D eigenvalue weighted by molar-refractivity contribution is -0.151. The van der Waals surface area contributed by atoms with Crippen molar-refractivity contribution in [3.05, 3.63) is 143 Å². The first-order valence-electron chi connectivity index (χ1n) is 41.0. The fraction of sp³-hybridized carbons (Fsp3) is 0.523. The van der Waals surface area contributed by atoms with Crippen LogP contribution >= 0.6 is 0 Å². The summed E-state index contributed by atoms with van der Waals surface area (Å²) in [7, 11) is 3.86. The van der Waals surface area contributed by atoms with Crippen LogP contribution in [0.25, 0.3) is 67.3 Å². The van der Waals surface area contributed by atoms with Crippen molar-refractivity contribution in [2.75, 3.05) is 47.5 Å². The number of ether oxygens (including phenoxy) is 3. The molecule has 8 aliphatic rings. The molecule has 112 heavy (non-hydrogen) atoms. The van der Waals surface area contributed by atoms with Crippen LogP contribution in [-0.2, 0) is 57.1 Å². The molecule has 0 bridgehead atoms. The van der Waals surface area contributed by atoms with Gasteiger partial charge in [0.25, 0.3) is 0 Å². The van der Waals surface area contributed by atoms with Gasteiger partial charge in [0.1, 0.15) is 35.4 Å². The van der Waals surface area contributed by atoms with Crippen LogP contribution in [0, 0.1) is 23.7 Å². The highest BCUT2D eigenvalue weighted by molar-refractivity contribution is 5.88. The third kappa shape index (κ3) is 16.2. The molecule has 0 radical (unpaired) electrons. The van der Waals surface area contributed by atoms with Gasteiger partial charge in [0, 0.05) is 24.2 Å². The summed E-state index contributed by atoms with van der Waals surface area (Å²) in [6, 6.07) is 26.1. The van der Waals surface area contributed by atoms with Gasteiger partial charge in [0.15, 0.2) is 0 Å². The van der Waals surface area contributed by atoms with E-state index in [0.29, 0.717) is 30.6 Å². The van der Waals surface area contributed by atoms with E-state index in [1.165, 1.54) is 161 Å². The Morgan fingerprint density at radius 2 is 0.830 bits per heavy atom. The van der Waals surface area contributed by atoms with E-state index in [0.717, 1.165) is 104 Å². The molecule has 6 fully saturated rings. The predicted molar refractivity (Wildman–Crippen MR) is 429 cm³/mol. The van der Waals surface area contributed by atoms with Gasteiger partial charge in [-0.05, 0) is 200 Å². The highest BCUT2D eigenvalue weighted by atomic mass is 16.5. The Labute approximate surface area is 656 Å². The number of imidazole rings is 4. The number of carbonyl (C=O) groups excluding carboxylic acids is 5. The number of aromatic nitrogens is 8. The first kappa shape index (κ1) is 78.7. The average molecular weight is 1530 g/mol. The van der Waals surface area contributed by atoms with Crippen LogP contribution in [0.5, 0.6) is 0 Å². The van der Waals surface area contributed by atoms with E-state index in [4.69, 9.17) is 29.5 Å². The van der Waals surface area contributed by atoms with Crippen molar-refractivity contribution >= 4 is 35.9 Å². The highest BCUT2D eigenvalue weighted by Crippen LogP contribution is 2.57. The zero-order valence-electron chi connectivity index (χ0n) is 66.5. The highest BCUT2D eigenvalue weighted by Gasteiger charge is 2.47. The minimum absolute atomic E-state index is 0.0521. The molecule has 8 aromatic rings. The van der Waals surface area contributed by atoms with Crippen LogP contribution in [0.3, 0.4) is 0 Å². The molecule has 4 aliphatic carbocycles. The summed E-state index contributed by atoms with van der Waals surface area (Å²) in [5.41, 5.74) is 20.6. The normalized spacial score (nSPS) is 20.7. The van der Waals surface area contributed by atoms with Crippen LogP contribution in [0.4, 0.5) is 9.59 Å². The van der Waals surface area contributed by atoms with Gasteiger partial charge < -0.3 is 70.3 Å². The third-order valence-electron chi connectivity index (χ3n) is 25.5. The molecular weight excluding hydrogens is 1410 g/mol. The quantitative estimate of drug-likeness (QED) is 0.0253. The van der Waals surface area contributed by atoms with E-state index >= 15 is 0 Å². The first-order chi connectivity index (χ1) is 54.2. The van der Waals surface area contributed by atoms with Gasteiger partial charge in [-0.15, -0.1) is 0 Å². The SMILES string of the molecule is COC(=O)C[C@H](C(=O)O)C(C)C.COC(=O)N[C@H](C(=O)N1CCC[C@H]1c1ncc(-c2ccc(-c3ccc(-c4cnc([C@@H]5CCCN5C(=O)[C@@H](NC(=O)OC)C(C)C)[nH]4)c4c3C3(CCCC3)CC4)cc2)[nH]1)C(C)C.c1cc(-c2ccc(-c3cnc([C@@H]4CCCN4)[nH]3)c3c2C2(CCCC2)CC3)ccc1-c1cnc([C@@H]2CCCN2)[nH]1. The van der Waals surface area contributed by atoms with Crippen LogP contribution in [0.15, 0.2) is 97.6 Å². The number of hydrogen-bond acceptors (Lipinski definition) is 15. The van der Waals surface area contributed by atoms with Crippen LogP contribution in [-0.4, -0.2) is 150 Å². The monoisotopic (exact) mass is 1520 g/mol. The van der Waals surface area contributed by atoms with Crippen molar-refractivity contribution in [2.24, 2.45) is 23.7 Å². The third-order valence-corrected chi connectivity index (χ3v) is 25.5. The number of alkyl carbamates (subject to hydrolysis) is 2. The Morgan fingerprint density at radius 3 is 1.21 bits per heavy atom. The molecule has 4 aromatic carbocycles. The van der Waals surface area contributed by atoms with E-state index in [-0.39, 0.29) is 53.5 Å². The van der Waals surface area contributed by atoms with Crippen molar-refractivity contribution < 1.29 is 48.1 Å². The number of methoxy groups -OCH3 is 3. The number of carbonyl (C=O) groups is 6. The average Bonchev–Trinajstić information content (AvgIpc) is 1.58. The Bertz CT molecular complexity index is 4660. The second-order valence-electron chi connectivity index (χ2n) is 33.2. The number of likely N-dealkylation sites (tertiary alicyclic amines) is 2. The Morgan fingerprint density at radius 1 is 0.455 bits per heavy atom. The molecule has 24 nitrogen and oxygen atoms in total. The van der Waals surface area contributed by atoms with E-state index in [2.05, 4.69) is 130 Å². The predicted octanol–water partition coefficient (Wildman–Crippen LogP) is 15.6. The smallest absolute Gasteiger partial charge is 0.407 e. The fourth-order valence-corrected chi connectivity index (χ4v) is 19.5. The lowest BCUT2D eigenvalue weighted by atomic mass is 9.76. The number of aromatic amines is 4. The van der Waals surface area contributed by atoms with Crippen molar-refractivity contribution in [3.8, 4) is 67.3 Å². The first-order valence-corrected chi connectivity index (χ1v) is 41.0. The molecular formula is C88H112N14O10. The lowest BCUT2D eigenvalue weighted by Gasteiger charge is -2.30. The number of fused-ring (bicyclic) bond motifs is 4. The summed E-state index contributed by atoms with van der Waals surface area (Å²) in [5.74, 6) is 1.09. The molecule has 7 atom stereocenters. The molecule has 4 amide bonds. The van der Waals surface area contributed by atoms with Crippen LogP contribution in [0.2, 0.25) is 0 Å². The molecule has 594 valence electrons. The summed E-state index contributed by atoms with van der Waals surface area (Å²) in [6.07, 6.45) is 29.4. The van der Waals surface area contributed by atoms with Crippen LogP contribution < -0.4 is 21.3 Å². The van der Waals surface area contributed by atoms with Gasteiger partial charge in [0.2, 0.25) is 11.8 Å².